The van der Waals surface area contributed by atoms with E-state index < -0.39 is 0 Å². The molecular formula is C7H8ClNOS. The molecule has 11 heavy (non-hydrogen) atoms. The van der Waals surface area contributed by atoms with Gasteiger partial charge in [-0.3, -0.25) is 4.79 Å². The Kier molecular flexibility index (Phi) is 2.91. The van der Waals surface area contributed by atoms with Gasteiger partial charge in [-0.15, -0.1) is 11.3 Å². The molecule has 1 heterocycles. The number of hydrogen-bond donors (Lipinski definition) is 1. The first-order valence-corrected chi connectivity index (χ1v) is 4.38. The summed E-state index contributed by atoms with van der Waals surface area (Å²) in [6.45, 7) is 1.91. The van der Waals surface area contributed by atoms with Crippen LogP contribution in [0.25, 0.3) is 0 Å². The van der Waals surface area contributed by atoms with E-state index >= 15 is 0 Å². The molecule has 0 radical (unpaired) electrons. The van der Waals surface area contributed by atoms with Crippen LogP contribution in [-0.2, 0) is 4.79 Å². The number of carbonyl (C=O) groups excluding carboxylic acids is 1. The second kappa shape index (κ2) is 3.74. The van der Waals surface area contributed by atoms with Crippen molar-refractivity contribution >= 4 is 29.3 Å². The molecule has 0 bridgehead atoms. The monoisotopic (exact) mass is 189 g/mol. The van der Waals surface area contributed by atoms with Gasteiger partial charge < -0.3 is 5.32 Å². The van der Waals surface area contributed by atoms with Crippen LogP contribution >= 0.6 is 22.9 Å². The third kappa shape index (κ3) is 2.20. The molecule has 0 aliphatic rings. The SMILES string of the molecule is CC(NC=O)c1ccc(Cl)s1. The van der Waals surface area contributed by atoms with E-state index in [0.29, 0.717) is 6.41 Å². The Morgan fingerprint density at radius 1 is 1.73 bits per heavy atom. The van der Waals surface area contributed by atoms with E-state index in [4.69, 9.17) is 11.6 Å². The molecule has 4 heteroatoms. The van der Waals surface area contributed by atoms with E-state index in [1.54, 1.807) is 0 Å². The van der Waals surface area contributed by atoms with Crippen LogP contribution < -0.4 is 5.32 Å². The molecular weight excluding hydrogens is 182 g/mol. The van der Waals surface area contributed by atoms with Gasteiger partial charge in [-0.1, -0.05) is 11.6 Å². The molecule has 0 fully saturated rings. The summed E-state index contributed by atoms with van der Waals surface area (Å²) in [6, 6.07) is 3.80. The van der Waals surface area contributed by atoms with Gasteiger partial charge in [0.1, 0.15) is 0 Å². The third-order valence-corrected chi connectivity index (χ3v) is 2.75. The van der Waals surface area contributed by atoms with Crippen molar-refractivity contribution in [2.45, 2.75) is 13.0 Å². The second-order valence-corrected chi connectivity index (χ2v) is 3.89. The number of thiophene rings is 1. The van der Waals surface area contributed by atoms with Gasteiger partial charge in [0.15, 0.2) is 0 Å². The lowest BCUT2D eigenvalue weighted by atomic mass is 10.3. The number of nitrogens with one attached hydrogen (secondary N) is 1. The minimum atomic E-state index is 0.0602. The lowest BCUT2D eigenvalue weighted by Gasteiger charge is -2.05. The van der Waals surface area contributed by atoms with Gasteiger partial charge in [0, 0.05) is 4.88 Å². The van der Waals surface area contributed by atoms with E-state index in [9.17, 15) is 4.79 Å². The zero-order chi connectivity index (χ0) is 8.27. The van der Waals surface area contributed by atoms with Gasteiger partial charge in [-0.05, 0) is 19.1 Å². The Bertz CT molecular complexity index is 248. The number of carbonyl (C=O) groups is 1. The summed E-state index contributed by atoms with van der Waals surface area (Å²) in [6.07, 6.45) is 0.693. The van der Waals surface area contributed by atoms with Gasteiger partial charge in [-0.2, -0.15) is 0 Å². The molecule has 0 spiro atoms. The molecule has 0 aliphatic heterocycles. The number of amides is 1. The highest BCUT2D eigenvalue weighted by Crippen LogP contribution is 2.26. The average molecular weight is 190 g/mol. The van der Waals surface area contributed by atoms with Crippen molar-refractivity contribution in [3.63, 3.8) is 0 Å². The first-order chi connectivity index (χ1) is 5.24. The van der Waals surface area contributed by atoms with Crippen LogP contribution in [0.15, 0.2) is 12.1 Å². The Morgan fingerprint density at radius 3 is 2.91 bits per heavy atom. The number of halogens is 1. The van der Waals surface area contributed by atoms with Crippen LogP contribution in [-0.4, -0.2) is 6.41 Å². The van der Waals surface area contributed by atoms with Crippen molar-refractivity contribution in [2.75, 3.05) is 0 Å². The van der Waals surface area contributed by atoms with Crippen molar-refractivity contribution < 1.29 is 4.79 Å². The Labute approximate surface area is 74.2 Å². The molecule has 1 aromatic heterocycles. The quantitative estimate of drug-likeness (QED) is 0.726. The molecule has 1 rings (SSSR count). The second-order valence-electron chi connectivity index (χ2n) is 2.15. The van der Waals surface area contributed by atoms with Gasteiger partial charge in [-0.25, -0.2) is 0 Å². The van der Waals surface area contributed by atoms with E-state index in [1.165, 1.54) is 11.3 Å². The standard InChI is InChI=1S/C7H8ClNOS/c1-5(9-4-10)6-2-3-7(8)11-6/h2-5H,1H3,(H,9,10). The zero-order valence-electron chi connectivity index (χ0n) is 6.00. The summed E-state index contributed by atoms with van der Waals surface area (Å²) in [7, 11) is 0. The van der Waals surface area contributed by atoms with Crippen LogP contribution in [0.2, 0.25) is 4.34 Å². The summed E-state index contributed by atoms with van der Waals surface area (Å²) in [4.78, 5) is 11.1. The topological polar surface area (TPSA) is 29.1 Å². The molecule has 60 valence electrons. The van der Waals surface area contributed by atoms with Crippen molar-refractivity contribution in [1.29, 1.82) is 0 Å². The fourth-order valence-electron chi connectivity index (χ4n) is 0.745. The minimum absolute atomic E-state index is 0.0602. The van der Waals surface area contributed by atoms with E-state index in [0.717, 1.165) is 9.21 Å². The van der Waals surface area contributed by atoms with Crippen LogP contribution in [0.5, 0.6) is 0 Å². The highest BCUT2D eigenvalue weighted by atomic mass is 35.5. The third-order valence-electron chi connectivity index (χ3n) is 1.34. The first-order valence-electron chi connectivity index (χ1n) is 3.19. The van der Waals surface area contributed by atoms with Crippen LogP contribution in [0.1, 0.15) is 17.8 Å². The molecule has 0 aromatic carbocycles. The summed E-state index contributed by atoms with van der Waals surface area (Å²) >= 11 is 7.19. The minimum Gasteiger partial charge on any atom is -0.351 e. The summed E-state index contributed by atoms with van der Waals surface area (Å²) in [5.74, 6) is 0. The number of rotatable bonds is 3. The average Bonchev–Trinajstić information content (AvgIpc) is 2.36. The Hall–Kier alpha value is -0.540. The van der Waals surface area contributed by atoms with Crippen LogP contribution in [0.4, 0.5) is 0 Å². The summed E-state index contributed by atoms with van der Waals surface area (Å²) in [5, 5.41) is 2.65. The van der Waals surface area contributed by atoms with Gasteiger partial charge in [0.2, 0.25) is 6.41 Å². The van der Waals surface area contributed by atoms with E-state index in [2.05, 4.69) is 5.32 Å². The first kappa shape index (κ1) is 8.56. The van der Waals surface area contributed by atoms with Gasteiger partial charge >= 0.3 is 0 Å². The fraction of sp³-hybridized carbons (Fsp3) is 0.286. The van der Waals surface area contributed by atoms with Crippen molar-refractivity contribution in [3.8, 4) is 0 Å². The lowest BCUT2D eigenvalue weighted by Crippen LogP contribution is -2.14. The molecule has 1 unspecified atom stereocenters. The number of hydrogen-bond acceptors (Lipinski definition) is 2. The normalized spacial score (nSPS) is 12.5. The molecule has 2 nitrogen and oxygen atoms in total. The predicted molar refractivity (Wildman–Crippen MR) is 46.9 cm³/mol. The fourth-order valence-corrected chi connectivity index (χ4v) is 1.82. The predicted octanol–water partition coefficient (Wildman–Crippen LogP) is 2.21. The maximum Gasteiger partial charge on any atom is 0.207 e. The van der Waals surface area contributed by atoms with E-state index in [-0.39, 0.29) is 6.04 Å². The maximum atomic E-state index is 10.1. The van der Waals surface area contributed by atoms with Crippen LogP contribution in [0, 0.1) is 0 Å². The van der Waals surface area contributed by atoms with Gasteiger partial charge in [0.05, 0.1) is 10.4 Å². The van der Waals surface area contributed by atoms with Crippen molar-refractivity contribution in [2.24, 2.45) is 0 Å². The molecule has 1 N–H and O–H groups in total. The Balaban J connectivity index is 2.67. The molecule has 0 saturated heterocycles. The largest absolute Gasteiger partial charge is 0.351 e. The van der Waals surface area contributed by atoms with Crippen molar-refractivity contribution in [1.82, 2.24) is 5.32 Å². The molecule has 1 amide bonds. The molecule has 0 saturated carbocycles. The molecule has 1 atom stereocenters. The molecule has 1 aromatic rings. The smallest absolute Gasteiger partial charge is 0.207 e. The van der Waals surface area contributed by atoms with Gasteiger partial charge in [0.25, 0.3) is 0 Å². The Morgan fingerprint density at radius 2 is 2.45 bits per heavy atom. The maximum absolute atomic E-state index is 10.1. The van der Waals surface area contributed by atoms with Crippen molar-refractivity contribution in [3.05, 3.63) is 21.3 Å². The zero-order valence-corrected chi connectivity index (χ0v) is 7.58. The summed E-state index contributed by atoms with van der Waals surface area (Å²) in [5.41, 5.74) is 0. The highest BCUT2D eigenvalue weighted by molar-refractivity contribution is 7.16. The lowest BCUT2D eigenvalue weighted by molar-refractivity contribution is -0.110. The van der Waals surface area contributed by atoms with Crippen LogP contribution in [0.3, 0.4) is 0 Å². The highest BCUT2D eigenvalue weighted by Gasteiger charge is 2.05. The summed E-state index contributed by atoms with van der Waals surface area (Å²) < 4.78 is 0.750. The van der Waals surface area contributed by atoms with E-state index in [1.807, 2.05) is 19.1 Å². The molecule has 0 aliphatic carbocycles.